The third-order valence-electron chi connectivity index (χ3n) is 5.75. The zero-order valence-electron chi connectivity index (χ0n) is 18.6. The number of hydrogen-bond acceptors (Lipinski definition) is 6. The summed E-state index contributed by atoms with van der Waals surface area (Å²) < 4.78 is 1.19. The molecule has 0 saturated carbocycles. The number of anilines is 1. The van der Waals surface area contributed by atoms with Crippen molar-refractivity contribution in [1.29, 1.82) is 0 Å². The molecule has 1 N–H and O–H groups in total. The van der Waals surface area contributed by atoms with Crippen LogP contribution >= 0.6 is 34.7 Å². The fourth-order valence-corrected chi connectivity index (χ4v) is 5.81. The molecular formula is C24H29ClN4OS2. The van der Waals surface area contributed by atoms with E-state index in [1.165, 1.54) is 15.2 Å². The molecule has 0 radical (unpaired) electrons. The van der Waals surface area contributed by atoms with Crippen molar-refractivity contribution in [3.8, 4) is 0 Å². The summed E-state index contributed by atoms with van der Waals surface area (Å²) in [5.74, 6) is 0.937. The molecule has 2 heterocycles. The average molecular weight is 489 g/mol. The lowest BCUT2D eigenvalue weighted by Gasteiger charge is -2.34. The number of carbonyl (C=O) groups is 1. The third kappa shape index (κ3) is 5.95. The predicted molar refractivity (Wildman–Crippen MR) is 138 cm³/mol. The largest absolute Gasteiger partial charge is 0.355 e. The Morgan fingerprint density at radius 2 is 1.88 bits per heavy atom. The molecule has 170 valence electrons. The molecule has 3 aromatic rings. The molecule has 4 rings (SSSR count). The number of aromatic nitrogens is 1. The van der Waals surface area contributed by atoms with Crippen LogP contribution in [0.1, 0.15) is 17.5 Å². The van der Waals surface area contributed by atoms with Crippen molar-refractivity contribution >= 4 is 56.0 Å². The molecule has 5 nitrogen and oxygen atoms in total. The van der Waals surface area contributed by atoms with Gasteiger partial charge in [-0.25, -0.2) is 4.98 Å². The van der Waals surface area contributed by atoms with E-state index in [1.807, 2.05) is 13.0 Å². The smallest absolute Gasteiger partial charge is 0.220 e. The van der Waals surface area contributed by atoms with Crippen LogP contribution in [-0.4, -0.2) is 60.8 Å². The Labute approximate surface area is 203 Å². The van der Waals surface area contributed by atoms with Gasteiger partial charge in [0.05, 0.1) is 10.2 Å². The molecule has 0 atom stereocenters. The Hall–Kier alpha value is -1.80. The second kappa shape index (κ2) is 10.9. The maximum Gasteiger partial charge on any atom is 0.220 e. The number of hydrogen-bond donors (Lipinski definition) is 1. The van der Waals surface area contributed by atoms with E-state index in [9.17, 15) is 4.79 Å². The van der Waals surface area contributed by atoms with Crippen LogP contribution in [0.4, 0.5) is 5.13 Å². The summed E-state index contributed by atoms with van der Waals surface area (Å²) >= 11 is 9.71. The molecule has 8 heteroatoms. The first-order valence-electron chi connectivity index (χ1n) is 11.0. The maximum absolute atomic E-state index is 12.1. The van der Waals surface area contributed by atoms with E-state index in [0.29, 0.717) is 13.0 Å². The van der Waals surface area contributed by atoms with Crippen LogP contribution < -0.4 is 10.2 Å². The van der Waals surface area contributed by atoms with Crippen LogP contribution in [-0.2, 0) is 4.79 Å². The van der Waals surface area contributed by atoms with Crippen molar-refractivity contribution in [2.45, 2.75) is 25.2 Å². The standard InChI is InChI=1S/C24H29ClN4OS2/c1-17-3-5-19(6-4-17)31-16-9-22(30)26-10-11-28-12-14-29(15-13-28)24-27-23-18(2)20(25)7-8-21(23)32-24/h3-8H,9-16H2,1-2H3,(H,26,30). The first-order valence-corrected chi connectivity index (χ1v) is 13.2. The van der Waals surface area contributed by atoms with Gasteiger partial charge in [0.15, 0.2) is 5.13 Å². The molecule has 1 fully saturated rings. The monoisotopic (exact) mass is 488 g/mol. The highest BCUT2D eigenvalue weighted by Crippen LogP contribution is 2.33. The second-order valence-corrected chi connectivity index (χ2v) is 10.7. The van der Waals surface area contributed by atoms with Gasteiger partial charge < -0.3 is 10.2 Å². The highest BCUT2D eigenvalue weighted by atomic mass is 35.5. The van der Waals surface area contributed by atoms with Crippen molar-refractivity contribution < 1.29 is 4.79 Å². The lowest BCUT2D eigenvalue weighted by molar-refractivity contribution is -0.120. The first-order chi connectivity index (χ1) is 15.5. The minimum absolute atomic E-state index is 0.131. The maximum atomic E-state index is 12.1. The second-order valence-electron chi connectivity index (χ2n) is 8.11. The average Bonchev–Trinajstić information content (AvgIpc) is 3.23. The van der Waals surface area contributed by atoms with Gasteiger partial charge in [-0.05, 0) is 43.7 Å². The van der Waals surface area contributed by atoms with Gasteiger partial charge >= 0.3 is 0 Å². The molecule has 1 aliphatic rings. The Morgan fingerprint density at radius 3 is 2.62 bits per heavy atom. The fraction of sp³-hybridized carbons (Fsp3) is 0.417. The lowest BCUT2D eigenvalue weighted by Crippen LogP contribution is -2.48. The molecule has 2 aromatic carbocycles. The number of carbonyl (C=O) groups excluding carboxylic acids is 1. The summed E-state index contributed by atoms with van der Waals surface area (Å²) in [6, 6.07) is 12.5. The number of rotatable bonds is 8. The van der Waals surface area contributed by atoms with Gasteiger partial charge in [-0.1, -0.05) is 40.6 Å². The summed E-state index contributed by atoms with van der Waals surface area (Å²) in [5.41, 5.74) is 3.33. The Morgan fingerprint density at radius 1 is 1.12 bits per heavy atom. The Bertz CT molecular complexity index is 1060. The molecule has 1 saturated heterocycles. The van der Waals surface area contributed by atoms with Crippen LogP contribution in [0, 0.1) is 13.8 Å². The number of thioether (sulfide) groups is 1. The summed E-state index contributed by atoms with van der Waals surface area (Å²) in [6.45, 7) is 9.57. The highest BCUT2D eigenvalue weighted by Gasteiger charge is 2.20. The first kappa shape index (κ1) is 23.4. The van der Waals surface area contributed by atoms with Crippen LogP contribution in [0.5, 0.6) is 0 Å². The van der Waals surface area contributed by atoms with Crippen molar-refractivity contribution in [3.05, 3.63) is 52.5 Å². The fourth-order valence-electron chi connectivity index (χ4n) is 3.72. The van der Waals surface area contributed by atoms with Gasteiger partial charge in [0, 0.05) is 61.4 Å². The number of fused-ring (bicyclic) bond motifs is 1. The van der Waals surface area contributed by atoms with Crippen molar-refractivity contribution in [1.82, 2.24) is 15.2 Å². The molecule has 0 bridgehead atoms. The van der Waals surface area contributed by atoms with Gasteiger partial charge in [0.25, 0.3) is 0 Å². The molecular weight excluding hydrogens is 460 g/mol. The number of piperazine rings is 1. The van der Waals surface area contributed by atoms with Gasteiger partial charge in [-0.15, -0.1) is 11.8 Å². The minimum Gasteiger partial charge on any atom is -0.355 e. The highest BCUT2D eigenvalue weighted by molar-refractivity contribution is 7.99. The van der Waals surface area contributed by atoms with E-state index in [1.54, 1.807) is 23.1 Å². The summed E-state index contributed by atoms with van der Waals surface area (Å²) in [5, 5.41) is 4.91. The van der Waals surface area contributed by atoms with Gasteiger partial charge in [-0.3, -0.25) is 9.69 Å². The van der Waals surface area contributed by atoms with Crippen molar-refractivity contribution in [2.75, 3.05) is 49.9 Å². The van der Waals surface area contributed by atoms with E-state index in [0.717, 1.165) is 59.7 Å². The number of nitrogens with zero attached hydrogens (tertiary/aromatic N) is 3. The van der Waals surface area contributed by atoms with E-state index in [4.69, 9.17) is 16.6 Å². The quantitative estimate of drug-likeness (QED) is 0.453. The number of thiazole rings is 1. The van der Waals surface area contributed by atoms with Gasteiger partial charge in [0.2, 0.25) is 5.91 Å². The van der Waals surface area contributed by atoms with E-state index in [-0.39, 0.29) is 5.91 Å². The lowest BCUT2D eigenvalue weighted by atomic mass is 10.2. The molecule has 0 spiro atoms. The number of aryl methyl sites for hydroxylation is 2. The number of nitrogens with one attached hydrogen (secondary N) is 1. The van der Waals surface area contributed by atoms with Crippen LogP contribution in [0.3, 0.4) is 0 Å². The number of benzene rings is 2. The summed E-state index contributed by atoms with van der Waals surface area (Å²) in [6.07, 6.45) is 0.549. The SMILES string of the molecule is Cc1ccc(SCCC(=O)NCCN2CCN(c3nc4c(C)c(Cl)ccc4s3)CC2)cc1. The van der Waals surface area contributed by atoms with Crippen LogP contribution in [0.15, 0.2) is 41.3 Å². The molecule has 1 aromatic heterocycles. The van der Waals surface area contributed by atoms with Crippen LogP contribution in [0.2, 0.25) is 5.02 Å². The van der Waals surface area contributed by atoms with Crippen molar-refractivity contribution in [2.24, 2.45) is 0 Å². The van der Waals surface area contributed by atoms with Crippen LogP contribution in [0.25, 0.3) is 10.2 Å². The molecule has 1 amide bonds. The molecule has 1 aliphatic heterocycles. The van der Waals surface area contributed by atoms with E-state index < -0.39 is 0 Å². The minimum atomic E-state index is 0.131. The number of halogens is 1. The molecule has 0 aliphatic carbocycles. The Balaban J connectivity index is 1.15. The third-order valence-corrected chi connectivity index (χ3v) is 8.25. The normalized spacial score (nSPS) is 14.8. The topological polar surface area (TPSA) is 48.5 Å². The summed E-state index contributed by atoms with van der Waals surface area (Å²) in [7, 11) is 0. The number of amides is 1. The van der Waals surface area contributed by atoms with E-state index >= 15 is 0 Å². The summed E-state index contributed by atoms with van der Waals surface area (Å²) in [4.78, 5) is 23.0. The van der Waals surface area contributed by atoms with Gasteiger partial charge in [0.1, 0.15) is 0 Å². The predicted octanol–water partition coefficient (Wildman–Crippen LogP) is 4.99. The molecule has 32 heavy (non-hydrogen) atoms. The zero-order chi connectivity index (χ0) is 22.5. The molecule has 0 unspecified atom stereocenters. The van der Waals surface area contributed by atoms with Gasteiger partial charge in [-0.2, -0.15) is 0 Å². The van der Waals surface area contributed by atoms with Crippen molar-refractivity contribution in [3.63, 3.8) is 0 Å². The van der Waals surface area contributed by atoms with E-state index in [2.05, 4.69) is 52.4 Å². The Kier molecular flexibility index (Phi) is 7.94. The zero-order valence-corrected chi connectivity index (χ0v) is 21.0.